The van der Waals surface area contributed by atoms with Crippen molar-refractivity contribution >= 4 is 0 Å². The molecule has 2 fully saturated rings. The fourth-order valence-corrected chi connectivity index (χ4v) is 2.45. The molecular weight excluding hydrogens is 250 g/mol. The van der Waals surface area contributed by atoms with Crippen molar-refractivity contribution in [3.8, 4) is 0 Å². The van der Waals surface area contributed by atoms with Crippen LogP contribution in [0.1, 0.15) is 26.7 Å². The maximum Gasteiger partial charge on any atom is 0.261 e. The van der Waals surface area contributed by atoms with Gasteiger partial charge in [0.05, 0.1) is 24.7 Å². The molecule has 6 heteroatoms. The van der Waals surface area contributed by atoms with E-state index in [4.69, 9.17) is 4.74 Å². The minimum Gasteiger partial charge on any atom is -0.378 e. The molecule has 0 bridgehead atoms. The lowest BCUT2D eigenvalue weighted by Gasteiger charge is -2.24. The summed E-state index contributed by atoms with van der Waals surface area (Å²) in [7, 11) is 0. The maximum absolute atomic E-state index is 13.5. The van der Waals surface area contributed by atoms with E-state index in [1.165, 1.54) is 4.90 Å². The second kappa shape index (κ2) is 4.34. The third kappa shape index (κ3) is 2.79. The third-order valence-electron chi connectivity index (χ3n) is 3.68. The molecule has 1 saturated heterocycles. The molecule has 1 saturated carbocycles. The molecule has 0 unspecified atom stereocenters. The van der Waals surface area contributed by atoms with E-state index < -0.39 is 23.8 Å². The van der Waals surface area contributed by atoms with Gasteiger partial charge in [-0.15, -0.1) is 0 Å². The average molecular weight is 269 g/mol. The van der Waals surface area contributed by atoms with Gasteiger partial charge in [0.1, 0.15) is 0 Å². The molecule has 1 atom stereocenters. The van der Waals surface area contributed by atoms with Crippen molar-refractivity contribution in [3.05, 3.63) is 0 Å². The van der Waals surface area contributed by atoms with E-state index in [2.05, 4.69) is 0 Å². The second-order valence-electron chi connectivity index (χ2n) is 5.84. The highest BCUT2D eigenvalue weighted by Gasteiger charge is 2.71. The first-order valence-corrected chi connectivity index (χ1v) is 6.26. The Hall–Kier alpha value is -0.360. The maximum atomic E-state index is 13.5. The minimum absolute atomic E-state index is 0.00229. The summed E-state index contributed by atoms with van der Waals surface area (Å²) in [6.07, 6.45) is -0.618. The van der Waals surface area contributed by atoms with Gasteiger partial charge in [-0.05, 0) is 13.8 Å². The van der Waals surface area contributed by atoms with Gasteiger partial charge in [-0.2, -0.15) is 0 Å². The van der Waals surface area contributed by atoms with E-state index in [0.29, 0.717) is 0 Å². The molecule has 2 nitrogen and oxygen atoms in total. The van der Waals surface area contributed by atoms with Crippen molar-refractivity contribution in [1.82, 2.24) is 4.90 Å². The van der Waals surface area contributed by atoms with Crippen LogP contribution >= 0.6 is 0 Å². The molecule has 0 amide bonds. The average Bonchev–Trinajstić information content (AvgIpc) is 2.54. The Labute approximate surface area is 104 Å². The van der Waals surface area contributed by atoms with Crippen LogP contribution in [0.3, 0.4) is 0 Å². The number of rotatable bonds is 5. The normalized spacial score (nSPS) is 34.2. The standard InChI is InChI=1S/C12H19F4NO/c1-9(2)18-8-10(5-12(10,15)16)6-17-4-3-11(13,14)7-17/h9H,3-8H2,1-2H3/t10-/m1/s1. The number of nitrogens with zero attached hydrogens (tertiary/aromatic N) is 1. The first-order valence-electron chi connectivity index (χ1n) is 6.26. The van der Waals surface area contributed by atoms with Gasteiger partial charge in [-0.25, -0.2) is 17.6 Å². The van der Waals surface area contributed by atoms with Gasteiger partial charge in [-0.1, -0.05) is 0 Å². The highest BCUT2D eigenvalue weighted by Crippen LogP contribution is 2.61. The second-order valence-corrected chi connectivity index (χ2v) is 5.84. The van der Waals surface area contributed by atoms with Crippen LogP contribution in [0.25, 0.3) is 0 Å². The molecule has 0 radical (unpaired) electrons. The molecule has 1 aliphatic carbocycles. The highest BCUT2D eigenvalue weighted by atomic mass is 19.3. The van der Waals surface area contributed by atoms with E-state index in [9.17, 15) is 17.6 Å². The zero-order valence-electron chi connectivity index (χ0n) is 10.7. The summed E-state index contributed by atoms with van der Waals surface area (Å²) in [5, 5.41) is 0. The summed E-state index contributed by atoms with van der Waals surface area (Å²) in [4.78, 5) is 1.44. The first-order chi connectivity index (χ1) is 8.16. The van der Waals surface area contributed by atoms with Crippen molar-refractivity contribution in [2.75, 3.05) is 26.2 Å². The molecule has 18 heavy (non-hydrogen) atoms. The summed E-state index contributed by atoms with van der Waals surface area (Å²) >= 11 is 0. The Kier molecular flexibility index (Phi) is 3.39. The predicted molar refractivity (Wildman–Crippen MR) is 59.1 cm³/mol. The summed E-state index contributed by atoms with van der Waals surface area (Å²) < 4.78 is 58.3. The summed E-state index contributed by atoms with van der Waals surface area (Å²) in [5.41, 5.74) is -1.25. The van der Waals surface area contributed by atoms with Crippen LogP contribution in [0.15, 0.2) is 0 Å². The minimum atomic E-state index is -2.78. The van der Waals surface area contributed by atoms with Gasteiger partial charge in [0, 0.05) is 25.9 Å². The van der Waals surface area contributed by atoms with Gasteiger partial charge in [-0.3, -0.25) is 4.90 Å². The van der Waals surface area contributed by atoms with Gasteiger partial charge in [0.25, 0.3) is 11.8 Å². The van der Waals surface area contributed by atoms with Crippen LogP contribution in [0, 0.1) is 5.41 Å². The summed E-state index contributed by atoms with van der Waals surface area (Å²) in [5.74, 6) is -5.51. The number of hydrogen-bond acceptors (Lipinski definition) is 2. The van der Waals surface area contributed by atoms with Crippen LogP contribution in [-0.2, 0) is 4.74 Å². The number of hydrogen-bond donors (Lipinski definition) is 0. The zero-order valence-corrected chi connectivity index (χ0v) is 10.7. The van der Waals surface area contributed by atoms with E-state index >= 15 is 0 Å². The summed E-state index contributed by atoms with van der Waals surface area (Å²) in [6, 6.07) is 0. The Morgan fingerprint density at radius 1 is 1.22 bits per heavy atom. The third-order valence-corrected chi connectivity index (χ3v) is 3.68. The quantitative estimate of drug-likeness (QED) is 0.712. The van der Waals surface area contributed by atoms with Crippen molar-refractivity contribution in [1.29, 1.82) is 0 Å². The lowest BCUT2D eigenvalue weighted by Crippen LogP contribution is -2.36. The molecule has 0 aromatic rings. The molecule has 0 aromatic heterocycles. The molecule has 2 aliphatic rings. The van der Waals surface area contributed by atoms with Gasteiger partial charge in [0.2, 0.25) is 0 Å². The Morgan fingerprint density at radius 3 is 2.22 bits per heavy atom. The van der Waals surface area contributed by atoms with Gasteiger partial charge >= 0.3 is 0 Å². The monoisotopic (exact) mass is 269 g/mol. The van der Waals surface area contributed by atoms with Crippen LogP contribution in [0.4, 0.5) is 17.6 Å². The number of halogens is 4. The van der Waals surface area contributed by atoms with E-state index in [1.807, 2.05) is 0 Å². The molecule has 0 N–H and O–H groups in total. The summed E-state index contributed by atoms with van der Waals surface area (Å²) in [6.45, 7) is 3.28. The van der Waals surface area contributed by atoms with Crippen molar-refractivity contribution in [2.24, 2.45) is 5.41 Å². The lowest BCUT2D eigenvalue weighted by molar-refractivity contribution is -0.0308. The lowest BCUT2D eigenvalue weighted by atomic mass is 10.1. The fourth-order valence-electron chi connectivity index (χ4n) is 2.45. The topological polar surface area (TPSA) is 12.5 Å². The predicted octanol–water partition coefficient (Wildman–Crippen LogP) is 2.78. The van der Waals surface area contributed by atoms with Gasteiger partial charge in [0.15, 0.2) is 0 Å². The van der Waals surface area contributed by atoms with Crippen LogP contribution in [-0.4, -0.2) is 49.1 Å². The Balaban J connectivity index is 1.92. The molecule has 1 heterocycles. The van der Waals surface area contributed by atoms with E-state index in [-0.39, 0.29) is 38.6 Å². The van der Waals surface area contributed by atoms with Crippen LogP contribution < -0.4 is 0 Å². The molecule has 0 spiro atoms. The Morgan fingerprint density at radius 2 is 1.83 bits per heavy atom. The number of likely N-dealkylation sites (tertiary alicyclic amines) is 1. The first kappa shape index (κ1) is 14.1. The van der Waals surface area contributed by atoms with E-state index in [0.717, 1.165) is 0 Å². The smallest absolute Gasteiger partial charge is 0.261 e. The zero-order chi connectivity index (χ0) is 13.6. The molecule has 1 aliphatic heterocycles. The van der Waals surface area contributed by atoms with Crippen molar-refractivity contribution in [3.63, 3.8) is 0 Å². The largest absolute Gasteiger partial charge is 0.378 e. The number of alkyl halides is 4. The van der Waals surface area contributed by atoms with Gasteiger partial charge < -0.3 is 4.74 Å². The molecule has 2 rings (SSSR count). The van der Waals surface area contributed by atoms with Crippen LogP contribution in [0.5, 0.6) is 0 Å². The number of ether oxygens (including phenoxy) is 1. The molecule has 106 valence electrons. The van der Waals surface area contributed by atoms with E-state index in [1.54, 1.807) is 13.8 Å². The molecular formula is C12H19F4NO. The Bertz CT molecular complexity index is 321. The van der Waals surface area contributed by atoms with Crippen molar-refractivity contribution in [2.45, 2.75) is 44.6 Å². The fraction of sp³-hybridized carbons (Fsp3) is 1.00. The SMILES string of the molecule is CC(C)OC[C@]1(CN2CCC(F)(F)C2)CC1(F)F. The van der Waals surface area contributed by atoms with Crippen LogP contribution in [0.2, 0.25) is 0 Å². The molecule has 0 aromatic carbocycles. The van der Waals surface area contributed by atoms with Crippen molar-refractivity contribution < 1.29 is 22.3 Å². The highest BCUT2D eigenvalue weighted by molar-refractivity contribution is 5.12.